The zero-order valence-electron chi connectivity index (χ0n) is 22.7. The Bertz CT molecular complexity index is 688. The number of rotatable bonds is 20. The summed E-state index contributed by atoms with van der Waals surface area (Å²) in [6, 6.07) is 0. The van der Waals surface area contributed by atoms with Crippen LogP contribution in [0.4, 0.5) is 0 Å². The van der Waals surface area contributed by atoms with E-state index >= 15 is 0 Å². The molecule has 7 atom stereocenters. The van der Waals surface area contributed by atoms with Gasteiger partial charge in [-0.2, -0.15) is 0 Å². The quantitative estimate of drug-likeness (QED) is 0.0629. The van der Waals surface area contributed by atoms with Gasteiger partial charge in [-0.3, -0.25) is 4.79 Å². The highest BCUT2D eigenvalue weighted by Crippen LogP contribution is 2.25. The van der Waals surface area contributed by atoms with Crippen LogP contribution >= 0.6 is 0 Å². The van der Waals surface area contributed by atoms with Crippen LogP contribution in [0.2, 0.25) is 0 Å². The highest BCUT2D eigenvalue weighted by Gasteiger charge is 2.34. The first-order valence-corrected chi connectivity index (χ1v) is 12.7. The Morgan fingerprint density at radius 2 is 1.62 bits per heavy atom. The summed E-state index contributed by atoms with van der Waals surface area (Å²) in [7, 11) is 0. The highest BCUT2D eigenvalue weighted by molar-refractivity contribution is 5.70. The van der Waals surface area contributed by atoms with Crippen molar-refractivity contribution in [2.75, 3.05) is 33.0 Å². The second kappa shape index (κ2) is 18.8. The highest BCUT2D eigenvalue weighted by atomic mass is 16.5. The molecule has 0 rings (SSSR count). The van der Waals surface area contributed by atoms with Crippen molar-refractivity contribution in [2.24, 2.45) is 0 Å². The zero-order chi connectivity index (χ0) is 28.6. The second-order valence-corrected chi connectivity index (χ2v) is 9.59. The fraction of sp³-hybridized carbons (Fsp3) is 0.808. The number of aliphatic hydroxyl groups excluding tert-OH is 6. The molecular weight excluding hydrogens is 488 g/mol. The molecule has 11 heteroatoms. The molecule has 0 amide bonds. The lowest BCUT2D eigenvalue weighted by Crippen LogP contribution is -2.48. The SMILES string of the molecule is CCOCCC(=O)O[C@@H](C[C@H](O)[C@@](C)(O)CCC=C(C)C)/C(C)=C/CO[C@@H]([C@@H](O)[C@@H](O)CO)[C@H](O)CO. The van der Waals surface area contributed by atoms with Crippen LogP contribution in [0, 0.1) is 0 Å². The minimum absolute atomic E-state index is 0.00279. The molecule has 0 aromatic carbocycles. The van der Waals surface area contributed by atoms with Gasteiger partial charge in [0.15, 0.2) is 0 Å². The van der Waals surface area contributed by atoms with Gasteiger partial charge >= 0.3 is 5.97 Å². The van der Waals surface area contributed by atoms with Crippen molar-refractivity contribution in [3.8, 4) is 0 Å². The van der Waals surface area contributed by atoms with E-state index in [1.54, 1.807) is 13.8 Å². The molecule has 0 radical (unpaired) electrons. The minimum atomic E-state index is -1.68. The fourth-order valence-corrected chi connectivity index (χ4v) is 3.41. The molecule has 0 fully saturated rings. The first kappa shape index (κ1) is 35.6. The molecule has 0 heterocycles. The summed E-state index contributed by atoms with van der Waals surface area (Å²) in [6.45, 7) is 7.68. The van der Waals surface area contributed by atoms with E-state index < -0.39 is 61.4 Å². The predicted molar refractivity (Wildman–Crippen MR) is 137 cm³/mol. The van der Waals surface area contributed by atoms with Crippen LogP contribution in [0.25, 0.3) is 0 Å². The third-order valence-electron chi connectivity index (χ3n) is 5.97. The molecule has 0 bridgehead atoms. The lowest BCUT2D eigenvalue weighted by Gasteiger charge is -2.32. The molecule has 218 valence electrons. The van der Waals surface area contributed by atoms with E-state index in [0.29, 0.717) is 25.0 Å². The van der Waals surface area contributed by atoms with Crippen molar-refractivity contribution in [1.29, 1.82) is 0 Å². The van der Waals surface area contributed by atoms with Gasteiger partial charge < -0.3 is 50.0 Å². The van der Waals surface area contributed by atoms with E-state index in [0.717, 1.165) is 5.57 Å². The first-order chi connectivity index (χ1) is 17.3. The minimum Gasteiger partial charge on any atom is -0.458 e. The van der Waals surface area contributed by atoms with E-state index in [2.05, 4.69) is 0 Å². The number of ether oxygens (including phenoxy) is 3. The average molecular weight is 537 g/mol. The molecule has 0 unspecified atom stereocenters. The van der Waals surface area contributed by atoms with Gasteiger partial charge in [-0.1, -0.05) is 17.7 Å². The molecule has 0 aliphatic heterocycles. The van der Waals surface area contributed by atoms with Gasteiger partial charge in [0.1, 0.15) is 30.5 Å². The van der Waals surface area contributed by atoms with Gasteiger partial charge in [-0.05, 0) is 53.0 Å². The topological polar surface area (TPSA) is 186 Å². The third kappa shape index (κ3) is 14.4. The van der Waals surface area contributed by atoms with Gasteiger partial charge in [0, 0.05) is 13.0 Å². The maximum atomic E-state index is 12.4. The number of hydrogen-bond donors (Lipinski definition) is 7. The molecule has 0 saturated carbocycles. The summed E-state index contributed by atoms with van der Waals surface area (Å²) in [5.41, 5.74) is 0.115. The number of carbonyl (C=O) groups excluding carboxylic acids is 1. The molecule has 37 heavy (non-hydrogen) atoms. The second-order valence-electron chi connectivity index (χ2n) is 9.59. The van der Waals surface area contributed by atoms with Crippen molar-refractivity contribution >= 4 is 5.97 Å². The van der Waals surface area contributed by atoms with Crippen LogP contribution in [0.5, 0.6) is 0 Å². The molecule has 0 aromatic heterocycles. The standard InChI is InChI=1S/C26H48O11/c1-6-35-12-10-23(32)37-21(14-22(31)26(5,34)11-7-8-17(2)3)18(4)9-13-36-25(20(30)16-28)24(33)19(29)15-27/h8-9,19-22,24-25,27-31,33-34H,6-7,10-16H2,1-5H3/b18-9+/t19-,20+,21-,22-,24-,25+,26-/m0/s1. The van der Waals surface area contributed by atoms with Gasteiger partial charge in [0.25, 0.3) is 0 Å². The van der Waals surface area contributed by atoms with Crippen molar-refractivity contribution < 1.29 is 54.8 Å². The molecule has 0 aliphatic rings. The van der Waals surface area contributed by atoms with Crippen LogP contribution in [0.15, 0.2) is 23.3 Å². The Morgan fingerprint density at radius 1 is 1.00 bits per heavy atom. The van der Waals surface area contributed by atoms with E-state index in [9.17, 15) is 35.4 Å². The summed E-state index contributed by atoms with van der Waals surface area (Å²) >= 11 is 0. The Labute approximate surface area is 220 Å². The third-order valence-corrected chi connectivity index (χ3v) is 5.97. The first-order valence-electron chi connectivity index (χ1n) is 12.7. The molecule has 0 aromatic rings. The molecule has 0 spiro atoms. The Hall–Kier alpha value is -1.41. The summed E-state index contributed by atoms with van der Waals surface area (Å²) in [4.78, 5) is 12.4. The molecule has 0 saturated heterocycles. The van der Waals surface area contributed by atoms with Crippen LogP contribution in [0.1, 0.15) is 60.3 Å². The number of hydrogen-bond acceptors (Lipinski definition) is 11. The van der Waals surface area contributed by atoms with Crippen LogP contribution < -0.4 is 0 Å². The molecule has 0 aliphatic carbocycles. The smallest absolute Gasteiger partial charge is 0.308 e. The van der Waals surface area contributed by atoms with E-state index in [1.807, 2.05) is 19.9 Å². The Morgan fingerprint density at radius 3 is 2.16 bits per heavy atom. The summed E-state index contributed by atoms with van der Waals surface area (Å²) in [6.07, 6.45) is -4.16. The van der Waals surface area contributed by atoms with Crippen molar-refractivity contribution in [1.82, 2.24) is 0 Å². The fourth-order valence-electron chi connectivity index (χ4n) is 3.41. The summed E-state index contributed by atoms with van der Waals surface area (Å²) < 4.78 is 16.2. The van der Waals surface area contributed by atoms with Gasteiger partial charge in [0.2, 0.25) is 0 Å². The molecular formula is C26H48O11. The van der Waals surface area contributed by atoms with Gasteiger partial charge in [0.05, 0.1) is 44.6 Å². The summed E-state index contributed by atoms with van der Waals surface area (Å²) in [5, 5.41) is 69.6. The van der Waals surface area contributed by atoms with E-state index in [4.69, 9.17) is 19.3 Å². The van der Waals surface area contributed by atoms with Crippen LogP contribution in [0.3, 0.4) is 0 Å². The van der Waals surface area contributed by atoms with Crippen LogP contribution in [-0.2, 0) is 19.0 Å². The van der Waals surface area contributed by atoms with Crippen molar-refractivity contribution in [3.05, 3.63) is 23.3 Å². The average Bonchev–Trinajstić information content (AvgIpc) is 2.84. The maximum Gasteiger partial charge on any atom is 0.308 e. The molecule has 7 N–H and O–H groups in total. The van der Waals surface area contributed by atoms with E-state index in [-0.39, 0.29) is 26.1 Å². The van der Waals surface area contributed by atoms with Gasteiger partial charge in [-0.25, -0.2) is 0 Å². The lowest BCUT2D eigenvalue weighted by atomic mass is 9.88. The lowest BCUT2D eigenvalue weighted by molar-refractivity contribution is -0.152. The number of carbonyl (C=O) groups is 1. The largest absolute Gasteiger partial charge is 0.458 e. The van der Waals surface area contributed by atoms with E-state index in [1.165, 1.54) is 13.0 Å². The van der Waals surface area contributed by atoms with Crippen molar-refractivity contribution in [2.45, 2.75) is 103 Å². The maximum absolute atomic E-state index is 12.4. The Kier molecular flexibility index (Phi) is 18.1. The van der Waals surface area contributed by atoms with Crippen LogP contribution in [-0.4, -0.2) is 117 Å². The predicted octanol–water partition coefficient (Wildman–Crippen LogP) is -0.0280. The number of allylic oxidation sites excluding steroid dienone is 2. The van der Waals surface area contributed by atoms with Crippen molar-refractivity contribution in [3.63, 3.8) is 0 Å². The summed E-state index contributed by atoms with van der Waals surface area (Å²) in [5.74, 6) is -0.557. The number of esters is 1. The zero-order valence-corrected chi connectivity index (χ0v) is 22.7. The normalized spacial score (nSPS) is 18.8. The Balaban J connectivity index is 5.55. The monoisotopic (exact) mass is 536 g/mol. The van der Waals surface area contributed by atoms with Gasteiger partial charge in [-0.15, -0.1) is 0 Å². The number of aliphatic hydroxyl groups is 7. The molecule has 11 nitrogen and oxygen atoms in total.